The third-order valence-corrected chi connectivity index (χ3v) is 6.65. The summed E-state index contributed by atoms with van der Waals surface area (Å²) in [6.07, 6.45) is 2.14. The van der Waals surface area contributed by atoms with Gasteiger partial charge in [-0.15, -0.1) is 11.3 Å². The van der Waals surface area contributed by atoms with Gasteiger partial charge in [-0.05, 0) is 45.3 Å². The van der Waals surface area contributed by atoms with Gasteiger partial charge in [-0.1, -0.05) is 0 Å². The second-order valence-corrected chi connectivity index (χ2v) is 9.13. The van der Waals surface area contributed by atoms with E-state index in [1.807, 2.05) is 32.3 Å². The van der Waals surface area contributed by atoms with Crippen LogP contribution in [0.5, 0.6) is 11.5 Å². The van der Waals surface area contributed by atoms with E-state index in [4.69, 9.17) is 19.5 Å². The number of hydrogen-bond acceptors (Lipinski definition) is 9. The molecule has 172 valence electrons. The molecule has 1 saturated heterocycles. The van der Waals surface area contributed by atoms with Gasteiger partial charge in [0, 0.05) is 49.4 Å². The zero-order valence-electron chi connectivity index (χ0n) is 19.5. The summed E-state index contributed by atoms with van der Waals surface area (Å²) in [6.45, 7) is 6.88. The maximum Gasteiger partial charge on any atom is 0.177 e. The van der Waals surface area contributed by atoms with E-state index >= 15 is 0 Å². The number of thiazole rings is 1. The first-order chi connectivity index (χ1) is 15.5. The second kappa shape index (κ2) is 9.89. The average Bonchev–Trinajstić information content (AvgIpc) is 3.27. The lowest BCUT2D eigenvalue weighted by Gasteiger charge is -2.38. The summed E-state index contributed by atoms with van der Waals surface area (Å²) in [7, 11) is 7.38. The molecule has 8 nitrogen and oxygen atoms in total. The van der Waals surface area contributed by atoms with E-state index in [0.717, 1.165) is 72.0 Å². The quantitative estimate of drug-likeness (QED) is 0.717. The molecule has 1 aromatic heterocycles. The highest BCUT2D eigenvalue weighted by molar-refractivity contribution is 7.13. The van der Waals surface area contributed by atoms with E-state index in [1.54, 1.807) is 25.6 Å². The Hall–Kier alpha value is -2.62. The van der Waals surface area contributed by atoms with Gasteiger partial charge in [-0.2, -0.15) is 0 Å². The second-order valence-electron chi connectivity index (χ2n) is 8.27. The van der Waals surface area contributed by atoms with Gasteiger partial charge >= 0.3 is 0 Å². The first-order valence-corrected chi connectivity index (χ1v) is 11.7. The number of hydrogen-bond donors (Lipinski definition) is 1. The van der Waals surface area contributed by atoms with Gasteiger partial charge in [0.15, 0.2) is 17.8 Å². The highest BCUT2D eigenvalue weighted by atomic mass is 32.1. The molecule has 0 spiro atoms. The number of aliphatic imine (C=N–C) groups is 1. The molecule has 9 heteroatoms. The molecule has 0 saturated carbocycles. The number of benzene rings is 1. The van der Waals surface area contributed by atoms with Crippen LogP contribution in [0.1, 0.15) is 12.6 Å². The molecule has 3 heterocycles. The molecule has 2 aromatic rings. The monoisotopic (exact) mass is 456 g/mol. The Balaban J connectivity index is 1.36. The largest absolute Gasteiger partial charge is 0.493 e. The van der Waals surface area contributed by atoms with Crippen molar-refractivity contribution in [3.63, 3.8) is 0 Å². The molecule has 0 radical (unpaired) electrons. The molecule has 1 atom stereocenters. The van der Waals surface area contributed by atoms with Crippen LogP contribution in [-0.2, 0) is 6.54 Å². The maximum absolute atomic E-state index is 5.43. The van der Waals surface area contributed by atoms with Gasteiger partial charge in [0.05, 0.1) is 19.9 Å². The Morgan fingerprint density at radius 3 is 2.56 bits per heavy atom. The fourth-order valence-electron chi connectivity index (χ4n) is 3.90. The van der Waals surface area contributed by atoms with Crippen LogP contribution in [-0.4, -0.2) is 86.3 Å². The topological polar surface area (TPSA) is 65.5 Å². The van der Waals surface area contributed by atoms with Crippen molar-refractivity contribution in [2.75, 3.05) is 54.5 Å². The van der Waals surface area contributed by atoms with Gasteiger partial charge in [0.1, 0.15) is 10.8 Å². The molecular weight excluding hydrogens is 424 g/mol. The van der Waals surface area contributed by atoms with Gasteiger partial charge in [0.2, 0.25) is 0 Å². The predicted octanol–water partition coefficient (Wildman–Crippen LogP) is 2.70. The number of ether oxygens (including phenoxy) is 2. The Kier molecular flexibility index (Phi) is 6.98. The molecule has 0 aliphatic carbocycles. The highest BCUT2D eigenvalue weighted by Gasteiger charge is 2.23. The Bertz CT molecular complexity index is 994. The molecule has 2 aliphatic heterocycles. The molecule has 1 aromatic carbocycles. The first kappa shape index (κ1) is 22.6. The van der Waals surface area contributed by atoms with Gasteiger partial charge < -0.3 is 19.7 Å². The van der Waals surface area contributed by atoms with Gasteiger partial charge in [-0.3, -0.25) is 9.80 Å². The lowest BCUT2D eigenvalue weighted by molar-refractivity contribution is 0.172. The van der Waals surface area contributed by atoms with Crippen LogP contribution in [0, 0.1) is 0 Å². The number of methoxy groups -OCH3 is 2. The van der Waals surface area contributed by atoms with E-state index in [2.05, 4.69) is 38.4 Å². The van der Waals surface area contributed by atoms with E-state index in [0.29, 0.717) is 0 Å². The lowest BCUT2D eigenvalue weighted by atomic mass is 10.2. The summed E-state index contributed by atoms with van der Waals surface area (Å²) >= 11 is 1.67. The van der Waals surface area contributed by atoms with Crippen LogP contribution < -0.4 is 14.8 Å². The summed E-state index contributed by atoms with van der Waals surface area (Å²) in [5.74, 6) is 2.52. The molecule has 0 bridgehead atoms. The van der Waals surface area contributed by atoms with Crippen molar-refractivity contribution in [3.8, 4) is 22.1 Å². The molecular formula is C23H32N6O2S. The normalized spacial score (nSPS) is 19.4. The molecule has 1 N–H and O–H groups in total. The van der Waals surface area contributed by atoms with Crippen LogP contribution in [0.3, 0.4) is 0 Å². The predicted molar refractivity (Wildman–Crippen MR) is 129 cm³/mol. The summed E-state index contributed by atoms with van der Waals surface area (Å²) in [5, 5.41) is 6.55. The van der Waals surface area contributed by atoms with Crippen molar-refractivity contribution in [3.05, 3.63) is 41.0 Å². The number of rotatable bonds is 6. The van der Waals surface area contributed by atoms with E-state index in [-0.39, 0.29) is 6.29 Å². The number of piperazine rings is 1. The number of nitrogens with zero attached hydrogens (tertiary/aromatic N) is 5. The third kappa shape index (κ3) is 5.06. The average molecular weight is 457 g/mol. The first-order valence-electron chi connectivity index (χ1n) is 10.8. The SMILES string of the molecule is COc1ccc(-c2nc(CN3CCN(C4=NC(N(C)C)NC(C)=C4)CC3)cs2)cc1OC. The Morgan fingerprint density at radius 1 is 1.12 bits per heavy atom. The summed E-state index contributed by atoms with van der Waals surface area (Å²) in [5.41, 5.74) is 3.31. The van der Waals surface area contributed by atoms with Crippen molar-refractivity contribution in [2.24, 2.45) is 4.99 Å². The van der Waals surface area contributed by atoms with Crippen molar-refractivity contribution >= 4 is 17.2 Å². The van der Waals surface area contributed by atoms with E-state index in [1.165, 1.54) is 0 Å². The van der Waals surface area contributed by atoms with Crippen molar-refractivity contribution in [1.29, 1.82) is 0 Å². The molecule has 32 heavy (non-hydrogen) atoms. The Labute approximate surface area is 194 Å². The molecule has 0 amide bonds. The van der Waals surface area contributed by atoms with Crippen molar-refractivity contribution in [1.82, 2.24) is 25.0 Å². The van der Waals surface area contributed by atoms with Crippen molar-refractivity contribution < 1.29 is 9.47 Å². The number of amidine groups is 1. The summed E-state index contributed by atoms with van der Waals surface area (Å²) in [4.78, 5) is 16.7. The third-order valence-electron chi connectivity index (χ3n) is 5.71. The minimum Gasteiger partial charge on any atom is -0.493 e. The minimum atomic E-state index is -0.00182. The standard InChI is InChI=1S/C23H32N6O2S/c1-16-12-21(26-23(24-16)27(2)3)29-10-8-28(9-11-29)14-18-15-32-22(25-18)17-6-7-19(30-4)20(13-17)31-5/h6-7,12-13,15,23-24H,8-11,14H2,1-5H3. The van der Waals surface area contributed by atoms with Crippen molar-refractivity contribution in [2.45, 2.75) is 19.8 Å². The zero-order valence-corrected chi connectivity index (χ0v) is 20.3. The fourth-order valence-corrected chi connectivity index (χ4v) is 4.70. The summed E-state index contributed by atoms with van der Waals surface area (Å²) in [6, 6.07) is 5.93. The number of nitrogens with one attached hydrogen (secondary N) is 1. The van der Waals surface area contributed by atoms with Crippen LogP contribution in [0.15, 0.2) is 40.3 Å². The Morgan fingerprint density at radius 2 is 1.88 bits per heavy atom. The van der Waals surface area contributed by atoms with E-state index < -0.39 is 0 Å². The molecule has 1 unspecified atom stereocenters. The van der Waals surface area contributed by atoms with Crippen LogP contribution in [0.2, 0.25) is 0 Å². The van der Waals surface area contributed by atoms with Gasteiger partial charge in [-0.25, -0.2) is 9.98 Å². The van der Waals surface area contributed by atoms with Crippen LogP contribution >= 0.6 is 11.3 Å². The number of aromatic nitrogens is 1. The minimum absolute atomic E-state index is 0.00182. The zero-order chi connectivity index (χ0) is 22.7. The number of allylic oxidation sites excluding steroid dienone is 1. The van der Waals surface area contributed by atoms with E-state index in [9.17, 15) is 0 Å². The maximum atomic E-state index is 5.43. The molecule has 4 rings (SSSR count). The van der Waals surface area contributed by atoms with Gasteiger partial charge in [0.25, 0.3) is 0 Å². The fraction of sp³-hybridized carbons (Fsp3) is 0.478. The smallest absolute Gasteiger partial charge is 0.177 e. The molecule has 1 fully saturated rings. The highest BCUT2D eigenvalue weighted by Crippen LogP contribution is 2.33. The lowest BCUT2D eigenvalue weighted by Crippen LogP contribution is -2.51. The summed E-state index contributed by atoms with van der Waals surface area (Å²) < 4.78 is 10.8. The molecule has 2 aliphatic rings. The van der Waals surface area contributed by atoms with Crippen LogP contribution in [0.25, 0.3) is 10.6 Å². The van der Waals surface area contributed by atoms with Crippen LogP contribution in [0.4, 0.5) is 0 Å².